The lowest BCUT2D eigenvalue weighted by molar-refractivity contribution is -0.0545. The number of hydrogen-bond donors (Lipinski definition) is 0. The van der Waals surface area contributed by atoms with Crippen LogP contribution in [0.4, 0.5) is 0 Å². The first-order valence-electron chi connectivity index (χ1n) is 11.1. The third kappa shape index (κ3) is 5.82. The molecule has 3 fully saturated rings. The van der Waals surface area contributed by atoms with Crippen molar-refractivity contribution >= 4 is 0 Å². The summed E-state index contributed by atoms with van der Waals surface area (Å²) in [5.74, 6) is 3.93. The van der Waals surface area contributed by atoms with Gasteiger partial charge in [0, 0.05) is 7.11 Å². The highest BCUT2D eigenvalue weighted by Crippen LogP contribution is 2.42. The summed E-state index contributed by atoms with van der Waals surface area (Å²) in [6, 6.07) is 0. The molecule has 2 saturated carbocycles. The average molecular weight is 349 g/mol. The molecule has 1 heterocycles. The molecule has 0 radical (unpaired) electrons. The van der Waals surface area contributed by atoms with Gasteiger partial charge in [0.25, 0.3) is 0 Å². The van der Waals surface area contributed by atoms with Gasteiger partial charge in [-0.05, 0) is 75.0 Å². The Morgan fingerprint density at radius 1 is 0.840 bits per heavy atom. The second-order valence-corrected chi connectivity index (χ2v) is 8.94. The van der Waals surface area contributed by atoms with Crippen molar-refractivity contribution in [2.24, 2.45) is 23.7 Å². The van der Waals surface area contributed by atoms with Crippen molar-refractivity contribution < 1.29 is 9.47 Å². The first kappa shape index (κ1) is 19.4. The van der Waals surface area contributed by atoms with E-state index in [2.05, 4.69) is 19.1 Å². The predicted octanol–water partition coefficient (Wildman–Crippen LogP) is 6.15. The second kappa shape index (κ2) is 10.1. The van der Waals surface area contributed by atoms with E-state index in [-0.39, 0.29) is 0 Å². The van der Waals surface area contributed by atoms with E-state index < -0.39 is 0 Å². The van der Waals surface area contributed by atoms with E-state index in [1.165, 1.54) is 64.2 Å². The lowest BCUT2D eigenvalue weighted by Crippen LogP contribution is -2.29. The minimum Gasteiger partial charge on any atom is -0.379 e. The first-order chi connectivity index (χ1) is 12.3. The van der Waals surface area contributed by atoms with Crippen LogP contribution in [-0.4, -0.2) is 25.9 Å². The molecule has 0 aromatic carbocycles. The molecule has 3 rings (SSSR count). The van der Waals surface area contributed by atoms with Crippen molar-refractivity contribution in [3.63, 3.8) is 0 Å². The molecular formula is C23H40O2. The fraction of sp³-hybridized carbons (Fsp3) is 0.913. The van der Waals surface area contributed by atoms with E-state index in [1.54, 1.807) is 7.11 Å². The summed E-state index contributed by atoms with van der Waals surface area (Å²) in [4.78, 5) is 0. The van der Waals surface area contributed by atoms with Crippen LogP contribution in [-0.2, 0) is 9.47 Å². The van der Waals surface area contributed by atoms with Crippen LogP contribution in [0.2, 0.25) is 0 Å². The molecule has 25 heavy (non-hydrogen) atoms. The fourth-order valence-corrected chi connectivity index (χ4v) is 5.53. The highest BCUT2D eigenvalue weighted by atomic mass is 16.5. The summed E-state index contributed by atoms with van der Waals surface area (Å²) in [5, 5.41) is 0. The molecule has 2 unspecified atom stereocenters. The molecule has 144 valence electrons. The Bertz CT molecular complexity index is 381. The van der Waals surface area contributed by atoms with E-state index in [0.717, 1.165) is 43.1 Å². The summed E-state index contributed by atoms with van der Waals surface area (Å²) in [7, 11) is 1.79. The minimum atomic E-state index is 0.313. The van der Waals surface area contributed by atoms with Gasteiger partial charge >= 0.3 is 0 Å². The first-order valence-corrected chi connectivity index (χ1v) is 11.1. The number of rotatable bonds is 6. The standard InChI is InChI=1S/C23H40O2/c1-3-4-18-5-10-20(11-6-18)21-12-7-19(8-13-21)9-14-22-15-16-23(24-2)17-25-22/h9,14,18-23H,3-8,10-13,15-17H2,1-2H3/b14-9+. The largest absolute Gasteiger partial charge is 0.379 e. The van der Waals surface area contributed by atoms with Crippen LogP contribution < -0.4 is 0 Å². The topological polar surface area (TPSA) is 18.5 Å². The van der Waals surface area contributed by atoms with E-state index in [1.807, 2.05) is 0 Å². The summed E-state index contributed by atoms with van der Waals surface area (Å²) in [6.45, 7) is 3.11. The Balaban J connectivity index is 1.34. The van der Waals surface area contributed by atoms with Gasteiger partial charge in [-0.1, -0.05) is 44.8 Å². The fourth-order valence-electron chi connectivity index (χ4n) is 5.53. The van der Waals surface area contributed by atoms with Gasteiger partial charge in [-0.3, -0.25) is 0 Å². The Morgan fingerprint density at radius 2 is 1.52 bits per heavy atom. The molecule has 0 bridgehead atoms. The van der Waals surface area contributed by atoms with Crippen LogP contribution in [0.15, 0.2) is 12.2 Å². The average Bonchev–Trinajstić information content (AvgIpc) is 2.68. The van der Waals surface area contributed by atoms with E-state index in [4.69, 9.17) is 9.47 Å². The Morgan fingerprint density at radius 3 is 2.08 bits per heavy atom. The summed E-state index contributed by atoms with van der Waals surface area (Å²) >= 11 is 0. The van der Waals surface area contributed by atoms with Gasteiger partial charge in [0.15, 0.2) is 0 Å². The molecule has 2 atom stereocenters. The monoisotopic (exact) mass is 348 g/mol. The van der Waals surface area contributed by atoms with Crippen molar-refractivity contribution in [3.8, 4) is 0 Å². The summed E-state index contributed by atoms with van der Waals surface area (Å²) < 4.78 is 11.3. The van der Waals surface area contributed by atoms with Crippen LogP contribution in [0.5, 0.6) is 0 Å². The molecule has 0 N–H and O–H groups in total. The van der Waals surface area contributed by atoms with Crippen molar-refractivity contribution in [1.82, 2.24) is 0 Å². The zero-order valence-corrected chi connectivity index (χ0v) is 16.6. The van der Waals surface area contributed by atoms with Crippen molar-refractivity contribution in [3.05, 3.63) is 12.2 Å². The van der Waals surface area contributed by atoms with E-state index in [9.17, 15) is 0 Å². The molecule has 2 aliphatic carbocycles. The highest BCUT2D eigenvalue weighted by Gasteiger charge is 2.30. The van der Waals surface area contributed by atoms with Crippen LogP contribution in [0.1, 0.15) is 84.0 Å². The maximum absolute atomic E-state index is 5.91. The van der Waals surface area contributed by atoms with Crippen molar-refractivity contribution in [2.75, 3.05) is 13.7 Å². The maximum Gasteiger partial charge on any atom is 0.0806 e. The summed E-state index contributed by atoms with van der Waals surface area (Å²) in [5.41, 5.74) is 0. The van der Waals surface area contributed by atoms with E-state index >= 15 is 0 Å². The second-order valence-electron chi connectivity index (χ2n) is 8.94. The zero-order chi connectivity index (χ0) is 17.5. The van der Waals surface area contributed by atoms with Crippen molar-refractivity contribution in [1.29, 1.82) is 0 Å². The Hall–Kier alpha value is -0.340. The normalized spacial score (nSPS) is 40.4. The van der Waals surface area contributed by atoms with Crippen molar-refractivity contribution in [2.45, 2.75) is 96.2 Å². The van der Waals surface area contributed by atoms with Gasteiger partial charge in [-0.25, -0.2) is 0 Å². The van der Waals surface area contributed by atoms with Gasteiger partial charge in [0.1, 0.15) is 0 Å². The van der Waals surface area contributed by atoms with Crippen LogP contribution in [0, 0.1) is 23.7 Å². The number of allylic oxidation sites excluding steroid dienone is 1. The molecule has 0 spiro atoms. The molecule has 3 aliphatic rings. The SMILES string of the molecule is CCCC1CCC(C2CCC(/C=C/C3CCC(OC)CO3)CC2)CC1. The molecule has 0 aromatic heterocycles. The minimum absolute atomic E-state index is 0.313. The van der Waals surface area contributed by atoms with Gasteiger partial charge in [0.2, 0.25) is 0 Å². The maximum atomic E-state index is 5.91. The molecule has 0 amide bonds. The third-order valence-corrected chi connectivity index (χ3v) is 7.27. The molecule has 0 aromatic rings. The lowest BCUT2D eigenvalue weighted by atomic mass is 9.68. The Kier molecular flexibility index (Phi) is 7.86. The molecule has 1 aliphatic heterocycles. The molecule has 2 heteroatoms. The zero-order valence-electron chi connectivity index (χ0n) is 16.6. The predicted molar refractivity (Wildman–Crippen MR) is 105 cm³/mol. The highest BCUT2D eigenvalue weighted by molar-refractivity contribution is 4.97. The number of hydrogen-bond acceptors (Lipinski definition) is 2. The Labute approximate surface area is 155 Å². The molecule has 2 nitrogen and oxygen atoms in total. The van der Waals surface area contributed by atoms with Gasteiger partial charge < -0.3 is 9.47 Å². The summed E-state index contributed by atoms with van der Waals surface area (Å²) in [6.07, 6.45) is 22.4. The molecule has 1 saturated heterocycles. The van der Waals surface area contributed by atoms with Gasteiger partial charge in [-0.15, -0.1) is 0 Å². The van der Waals surface area contributed by atoms with Crippen LogP contribution >= 0.6 is 0 Å². The number of ether oxygens (including phenoxy) is 2. The van der Waals surface area contributed by atoms with Crippen LogP contribution in [0.3, 0.4) is 0 Å². The van der Waals surface area contributed by atoms with Crippen LogP contribution in [0.25, 0.3) is 0 Å². The smallest absolute Gasteiger partial charge is 0.0806 e. The lowest BCUT2D eigenvalue weighted by Gasteiger charge is -2.37. The van der Waals surface area contributed by atoms with Gasteiger partial charge in [0.05, 0.1) is 18.8 Å². The number of methoxy groups -OCH3 is 1. The van der Waals surface area contributed by atoms with E-state index in [0.29, 0.717) is 12.2 Å². The quantitative estimate of drug-likeness (QED) is 0.536. The molecular weight excluding hydrogens is 308 g/mol. The third-order valence-electron chi connectivity index (χ3n) is 7.27. The van der Waals surface area contributed by atoms with Gasteiger partial charge in [-0.2, -0.15) is 0 Å².